The Morgan fingerprint density at radius 1 is 1.33 bits per heavy atom. The smallest absolute Gasteiger partial charge is 0.0793 e. The van der Waals surface area contributed by atoms with Crippen molar-refractivity contribution in [1.29, 1.82) is 0 Å². The number of nitrogens with zero attached hydrogens (tertiary/aromatic N) is 1. The molecule has 2 nitrogen and oxygen atoms in total. The lowest BCUT2D eigenvalue weighted by molar-refractivity contribution is 0.250. The van der Waals surface area contributed by atoms with Gasteiger partial charge in [0.2, 0.25) is 0 Å². The van der Waals surface area contributed by atoms with Crippen LogP contribution >= 0.6 is 11.8 Å². The molecule has 0 amide bonds. The van der Waals surface area contributed by atoms with Gasteiger partial charge in [-0.1, -0.05) is 0 Å². The molecular weight excluding hydrogens is 204 g/mol. The molecule has 0 aromatic heterocycles. The first-order chi connectivity index (χ1) is 7.00. The van der Waals surface area contributed by atoms with Gasteiger partial charge < -0.3 is 0 Å². The lowest BCUT2D eigenvalue weighted by Gasteiger charge is -2.27. The molecule has 0 bridgehead atoms. The van der Waals surface area contributed by atoms with Gasteiger partial charge in [0.15, 0.2) is 0 Å². The van der Waals surface area contributed by atoms with Crippen LogP contribution in [0.2, 0.25) is 0 Å². The van der Waals surface area contributed by atoms with Crippen LogP contribution in [0.3, 0.4) is 0 Å². The third-order valence-electron chi connectivity index (χ3n) is 3.92. The van der Waals surface area contributed by atoms with Gasteiger partial charge in [-0.05, 0) is 40.0 Å². The molecule has 0 aromatic carbocycles. The van der Waals surface area contributed by atoms with Crippen molar-refractivity contribution in [2.75, 3.05) is 12.3 Å². The van der Waals surface area contributed by atoms with Crippen molar-refractivity contribution < 1.29 is 0 Å². The second-order valence-corrected chi connectivity index (χ2v) is 7.61. The van der Waals surface area contributed by atoms with Gasteiger partial charge in [0.05, 0.1) is 4.87 Å². The monoisotopic (exact) mass is 226 g/mol. The molecule has 2 saturated heterocycles. The van der Waals surface area contributed by atoms with E-state index in [0.717, 1.165) is 12.1 Å². The summed E-state index contributed by atoms with van der Waals surface area (Å²) in [5.74, 6) is 1.26. The van der Waals surface area contributed by atoms with E-state index in [-0.39, 0.29) is 0 Å². The molecule has 1 spiro atoms. The molecule has 3 aliphatic rings. The normalized spacial score (nSPS) is 45.4. The van der Waals surface area contributed by atoms with Crippen LogP contribution in [0, 0.1) is 0 Å². The molecule has 2 heterocycles. The van der Waals surface area contributed by atoms with Crippen LogP contribution in [-0.2, 0) is 0 Å². The van der Waals surface area contributed by atoms with Crippen LogP contribution in [0.15, 0.2) is 0 Å². The third-order valence-corrected chi connectivity index (χ3v) is 5.74. The molecule has 86 valence electrons. The van der Waals surface area contributed by atoms with Gasteiger partial charge in [-0.3, -0.25) is 10.2 Å². The van der Waals surface area contributed by atoms with Crippen molar-refractivity contribution in [1.82, 2.24) is 10.2 Å². The molecule has 1 N–H and O–H groups in total. The Morgan fingerprint density at radius 3 is 2.60 bits per heavy atom. The molecule has 2 atom stereocenters. The van der Waals surface area contributed by atoms with Crippen molar-refractivity contribution >= 4 is 11.8 Å². The fraction of sp³-hybridized carbons (Fsp3) is 1.00. The molecule has 3 rings (SSSR count). The predicted molar refractivity (Wildman–Crippen MR) is 66.2 cm³/mol. The molecular formula is C12H22N2S. The summed E-state index contributed by atoms with van der Waals surface area (Å²) in [6.07, 6.45) is 4.21. The zero-order valence-electron chi connectivity index (χ0n) is 10.0. The second-order valence-electron chi connectivity index (χ2n) is 6.25. The topological polar surface area (TPSA) is 15.3 Å². The van der Waals surface area contributed by atoms with E-state index in [2.05, 4.69) is 42.7 Å². The Kier molecular flexibility index (Phi) is 2.19. The van der Waals surface area contributed by atoms with E-state index in [1.54, 1.807) is 0 Å². The van der Waals surface area contributed by atoms with Gasteiger partial charge in [-0.25, -0.2) is 0 Å². The number of thioether (sulfide) groups is 1. The molecule has 1 aliphatic carbocycles. The van der Waals surface area contributed by atoms with Crippen LogP contribution in [0.4, 0.5) is 0 Å². The van der Waals surface area contributed by atoms with E-state index in [1.165, 1.54) is 31.6 Å². The van der Waals surface area contributed by atoms with E-state index in [4.69, 9.17) is 0 Å². The maximum Gasteiger partial charge on any atom is 0.0793 e. The summed E-state index contributed by atoms with van der Waals surface area (Å²) >= 11 is 2.16. The molecule has 15 heavy (non-hydrogen) atoms. The predicted octanol–water partition coefficient (Wildman–Crippen LogP) is 2.05. The first kappa shape index (κ1) is 10.4. The largest absolute Gasteiger partial charge is 0.296 e. The zero-order chi connectivity index (χ0) is 10.7. The summed E-state index contributed by atoms with van der Waals surface area (Å²) in [6, 6.07) is 1.71. The molecule has 2 aliphatic heterocycles. The van der Waals surface area contributed by atoms with Gasteiger partial charge in [0.25, 0.3) is 0 Å². The zero-order valence-corrected chi connectivity index (χ0v) is 10.9. The number of rotatable bonds is 1. The van der Waals surface area contributed by atoms with Gasteiger partial charge in [0, 0.05) is 29.9 Å². The summed E-state index contributed by atoms with van der Waals surface area (Å²) in [5, 5.41) is 3.87. The third kappa shape index (κ3) is 1.83. The van der Waals surface area contributed by atoms with Gasteiger partial charge in [0.1, 0.15) is 0 Å². The molecule has 2 unspecified atom stereocenters. The van der Waals surface area contributed by atoms with E-state index >= 15 is 0 Å². The fourth-order valence-electron chi connectivity index (χ4n) is 3.21. The quantitative estimate of drug-likeness (QED) is 0.737. The highest BCUT2D eigenvalue weighted by atomic mass is 32.2. The number of nitrogens with one attached hydrogen (secondary N) is 1. The average molecular weight is 226 g/mol. The van der Waals surface area contributed by atoms with Crippen LogP contribution in [0.5, 0.6) is 0 Å². The standard InChI is InChI=1S/C12H22N2S/c1-9-6-12(7-14(9)10-4-5-10)13-11(2,3)8-15-12/h9-10,13H,4-8H2,1-3H3. The van der Waals surface area contributed by atoms with Gasteiger partial charge >= 0.3 is 0 Å². The summed E-state index contributed by atoms with van der Waals surface area (Å²) in [5.41, 5.74) is 0.337. The van der Waals surface area contributed by atoms with Crippen molar-refractivity contribution in [3.05, 3.63) is 0 Å². The van der Waals surface area contributed by atoms with Gasteiger partial charge in [-0.15, -0.1) is 11.8 Å². The SMILES string of the molecule is CC1CC2(CN1C1CC1)NC(C)(C)CS2. The maximum atomic E-state index is 3.87. The lowest BCUT2D eigenvalue weighted by atomic mass is 10.1. The lowest BCUT2D eigenvalue weighted by Crippen LogP contribution is -2.48. The van der Waals surface area contributed by atoms with Crippen molar-refractivity contribution in [2.45, 2.75) is 62.5 Å². The fourth-order valence-corrected chi connectivity index (χ4v) is 4.86. The second kappa shape index (κ2) is 3.14. The average Bonchev–Trinajstić information content (AvgIpc) is 2.85. The van der Waals surface area contributed by atoms with Crippen molar-refractivity contribution in [3.8, 4) is 0 Å². The highest BCUT2D eigenvalue weighted by Gasteiger charge is 2.52. The molecule has 0 radical (unpaired) electrons. The summed E-state index contributed by atoms with van der Waals surface area (Å²) in [6.45, 7) is 8.34. The molecule has 3 heteroatoms. The Hall–Kier alpha value is 0.270. The Balaban J connectivity index is 1.74. The molecule has 1 saturated carbocycles. The van der Waals surface area contributed by atoms with E-state index in [9.17, 15) is 0 Å². The minimum Gasteiger partial charge on any atom is -0.296 e. The number of hydrogen-bond donors (Lipinski definition) is 1. The minimum atomic E-state index is 0.337. The summed E-state index contributed by atoms with van der Waals surface area (Å²) in [7, 11) is 0. The van der Waals surface area contributed by atoms with E-state index in [1.807, 2.05) is 0 Å². The number of likely N-dealkylation sites (tertiary alicyclic amines) is 1. The van der Waals surface area contributed by atoms with E-state index in [0.29, 0.717) is 10.4 Å². The Labute approximate surface area is 97.2 Å². The molecule has 3 fully saturated rings. The van der Waals surface area contributed by atoms with Crippen molar-refractivity contribution in [3.63, 3.8) is 0 Å². The van der Waals surface area contributed by atoms with Crippen LogP contribution in [0.25, 0.3) is 0 Å². The maximum absolute atomic E-state index is 3.87. The summed E-state index contributed by atoms with van der Waals surface area (Å²) in [4.78, 5) is 3.12. The van der Waals surface area contributed by atoms with Crippen LogP contribution in [-0.4, -0.2) is 39.7 Å². The first-order valence-corrected chi connectivity index (χ1v) is 7.17. The highest BCUT2D eigenvalue weighted by molar-refractivity contribution is 8.01. The van der Waals surface area contributed by atoms with E-state index < -0.39 is 0 Å². The highest BCUT2D eigenvalue weighted by Crippen LogP contribution is 2.46. The summed E-state index contributed by atoms with van der Waals surface area (Å²) < 4.78 is 0. The molecule has 0 aromatic rings. The first-order valence-electron chi connectivity index (χ1n) is 6.19. The van der Waals surface area contributed by atoms with Gasteiger partial charge in [-0.2, -0.15) is 0 Å². The number of hydrogen-bond acceptors (Lipinski definition) is 3. The Bertz CT molecular complexity index is 275. The minimum absolute atomic E-state index is 0.337. The Morgan fingerprint density at radius 2 is 2.07 bits per heavy atom. The van der Waals surface area contributed by atoms with Crippen molar-refractivity contribution in [2.24, 2.45) is 0 Å². The van der Waals surface area contributed by atoms with Crippen LogP contribution in [0.1, 0.15) is 40.0 Å². The van der Waals surface area contributed by atoms with Crippen LogP contribution < -0.4 is 5.32 Å².